The lowest BCUT2D eigenvalue weighted by Crippen LogP contribution is -2.35. The number of carbonyl (C=O) groups is 1. The molecule has 0 saturated carbocycles. The smallest absolute Gasteiger partial charge is 0.334 e. The third kappa shape index (κ3) is 14.3. The van der Waals surface area contributed by atoms with Crippen molar-refractivity contribution in [3.05, 3.63) is 11.6 Å². The molecule has 3 aliphatic rings. The highest BCUT2D eigenvalue weighted by Gasteiger charge is 2.45. The first kappa shape index (κ1) is 38.4. The van der Waals surface area contributed by atoms with Gasteiger partial charge in [-0.1, -0.05) is 90.4 Å². The van der Waals surface area contributed by atoms with Crippen LogP contribution < -0.4 is 0 Å². The van der Waals surface area contributed by atoms with Crippen LogP contribution in [0.4, 0.5) is 0 Å². The summed E-state index contributed by atoms with van der Waals surface area (Å²) in [6.45, 7) is 4.09. The Hall–Kier alpha value is -1.03. The van der Waals surface area contributed by atoms with E-state index in [-0.39, 0.29) is 36.5 Å². The van der Waals surface area contributed by atoms with E-state index in [0.717, 1.165) is 82.6 Å². The molecule has 0 aromatic heterocycles. The number of unbranched alkanes of at least 4 members (excludes halogenated alkanes) is 12. The zero-order valence-electron chi connectivity index (χ0n) is 28.5. The topological polar surface area (TPSA) is 126 Å². The van der Waals surface area contributed by atoms with Crippen molar-refractivity contribution in [2.75, 3.05) is 0 Å². The Balaban J connectivity index is 1.16. The number of carbonyl (C=O) groups excluding carboxylic acids is 1. The Morgan fingerprint density at radius 2 is 1.33 bits per heavy atom. The van der Waals surface area contributed by atoms with Gasteiger partial charge in [-0.3, -0.25) is 0 Å². The molecule has 0 aliphatic carbocycles. The number of esters is 1. The minimum atomic E-state index is -0.691. The molecule has 8 heteroatoms. The van der Waals surface area contributed by atoms with Gasteiger partial charge >= 0.3 is 5.97 Å². The summed E-state index contributed by atoms with van der Waals surface area (Å²) in [6.07, 6.45) is 21.1. The molecule has 4 N–H and O–H groups in total. The number of cyclic esters (lactones) is 1. The van der Waals surface area contributed by atoms with Gasteiger partial charge in [0, 0.05) is 12.0 Å². The highest BCUT2D eigenvalue weighted by molar-refractivity contribution is 5.90. The summed E-state index contributed by atoms with van der Waals surface area (Å²) in [4.78, 5) is 11.6. The van der Waals surface area contributed by atoms with E-state index in [2.05, 4.69) is 6.92 Å². The summed E-state index contributed by atoms with van der Waals surface area (Å²) in [5.41, 5.74) is 0.848. The first-order valence-corrected chi connectivity index (χ1v) is 18.7. The summed E-state index contributed by atoms with van der Waals surface area (Å²) in [5.74, 6) is -0.136. The normalized spacial score (nSPS) is 28.8. The molecule has 2 fully saturated rings. The van der Waals surface area contributed by atoms with Crippen LogP contribution in [0.15, 0.2) is 11.6 Å². The molecule has 0 bridgehead atoms. The van der Waals surface area contributed by atoms with Crippen molar-refractivity contribution in [1.82, 2.24) is 0 Å². The fourth-order valence-electron chi connectivity index (χ4n) is 7.31. The van der Waals surface area contributed by atoms with Crippen molar-refractivity contribution >= 4 is 5.97 Å². The molecule has 0 amide bonds. The van der Waals surface area contributed by atoms with Crippen molar-refractivity contribution in [2.45, 2.75) is 216 Å². The molecule has 0 aromatic carbocycles. The number of rotatable bonds is 25. The SMILES string of the molecule is CCCCCC[C@H](O)CCC[C@H](O)[C@H]1CC[C@H]([C@H]2C[C@@H](O)[C@H]([C@H](O)CCCCCCCCCCCCC3=C[C@H](C)OC3=O)O2)O1. The van der Waals surface area contributed by atoms with Crippen LogP contribution in [0.3, 0.4) is 0 Å². The van der Waals surface area contributed by atoms with Gasteiger partial charge in [-0.25, -0.2) is 4.79 Å². The standard InChI is InChI=1S/C37H66O8/c1-3-4-5-15-19-29(38)20-17-22-30(39)33-23-24-34(44-33)35-26-32(41)36(45-35)31(40)21-16-13-11-9-7-6-8-10-12-14-18-28-25-27(2)43-37(28)42/h25,27,29-36,38-41H,3-24,26H2,1-2H3/t27-,29-,30-,31+,32+,33+,34+,35+,36-/m0/s1. The third-order valence-electron chi connectivity index (χ3n) is 10.1. The highest BCUT2D eigenvalue weighted by atomic mass is 16.6. The van der Waals surface area contributed by atoms with E-state index in [4.69, 9.17) is 14.2 Å². The van der Waals surface area contributed by atoms with Crippen LogP contribution in [-0.4, -0.2) is 81.3 Å². The molecule has 9 atom stereocenters. The largest absolute Gasteiger partial charge is 0.455 e. The second kappa shape index (κ2) is 21.8. The van der Waals surface area contributed by atoms with Crippen LogP contribution in [-0.2, 0) is 19.0 Å². The highest BCUT2D eigenvalue weighted by Crippen LogP contribution is 2.35. The maximum atomic E-state index is 11.6. The van der Waals surface area contributed by atoms with Gasteiger partial charge in [-0.2, -0.15) is 0 Å². The molecular weight excluding hydrogens is 572 g/mol. The first-order chi connectivity index (χ1) is 21.8. The molecule has 0 aromatic rings. The predicted molar refractivity (Wildman–Crippen MR) is 177 cm³/mol. The molecule has 2 saturated heterocycles. The summed E-state index contributed by atoms with van der Waals surface area (Å²) < 4.78 is 17.5. The molecule has 45 heavy (non-hydrogen) atoms. The summed E-state index contributed by atoms with van der Waals surface area (Å²) in [5, 5.41) is 42.3. The average Bonchev–Trinajstić information content (AvgIpc) is 3.74. The quantitative estimate of drug-likeness (QED) is 0.0634. The number of hydrogen-bond acceptors (Lipinski definition) is 8. The molecular formula is C37H66O8. The minimum absolute atomic E-state index is 0.0647. The van der Waals surface area contributed by atoms with E-state index in [0.29, 0.717) is 19.3 Å². The van der Waals surface area contributed by atoms with Crippen molar-refractivity contribution in [1.29, 1.82) is 0 Å². The summed E-state index contributed by atoms with van der Waals surface area (Å²) in [6, 6.07) is 0. The lowest BCUT2D eigenvalue weighted by atomic mass is 9.98. The number of aliphatic hydroxyl groups is 4. The molecule has 262 valence electrons. The van der Waals surface area contributed by atoms with Crippen LogP contribution in [0, 0.1) is 0 Å². The number of hydrogen-bond donors (Lipinski definition) is 4. The fraction of sp³-hybridized carbons (Fsp3) is 0.919. The Kier molecular flexibility index (Phi) is 18.6. The molecule has 0 radical (unpaired) electrons. The van der Waals surface area contributed by atoms with Gasteiger partial charge in [0.1, 0.15) is 12.2 Å². The van der Waals surface area contributed by atoms with Crippen LogP contribution >= 0.6 is 0 Å². The molecule has 3 aliphatic heterocycles. The van der Waals surface area contributed by atoms with Gasteiger partial charge in [0.15, 0.2) is 0 Å². The summed E-state index contributed by atoms with van der Waals surface area (Å²) >= 11 is 0. The average molecular weight is 639 g/mol. The number of aliphatic hydroxyl groups excluding tert-OH is 4. The van der Waals surface area contributed by atoms with E-state index in [1.165, 1.54) is 51.4 Å². The van der Waals surface area contributed by atoms with Gasteiger partial charge in [0.25, 0.3) is 0 Å². The van der Waals surface area contributed by atoms with Gasteiger partial charge in [0.05, 0.1) is 42.7 Å². The lowest BCUT2D eigenvalue weighted by Gasteiger charge is -2.24. The van der Waals surface area contributed by atoms with Crippen molar-refractivity contribution in [3.8, 4) is 0 Å². The maximum Gasteiger partial charge on any atom is 0.334 e. The Labute approximate surface area is 273 Å². The van der Waals surface area contributed by atoms with Crippen molar-refractivity contribution < 1.29 is 39.4 Å². The van der Waals surface area contributed by atoms with Crippen LogP contribution in [0.5, 0.6) is 0 Å². The summed E-state index contributed by atoms with van der Waals surface area (Å²) in [7, 11) is 0. The number of ether oxygens (including phenoxy) is 3. The van der Waals surface area contributed by atoms with Gasteiger partial charge < -0.3 is 34.6 Å². The Morgan fingerprint density at radius 1 is 0.733 bits per heavy atom. The molecule has 3 rings (SSSR count). The Morgan fingerprint density at radius 3 is 2.00 bits per heavy atom. The lowest BCUT2D eigenvalue weighted by molar-refractivity contribution is -0.139. The van der Waals surface area contributed by atoms with Gasteiger partial charge in [-0.05, 0) is 70.8 Å². The maximum absolute atomic E-state index is 11.6. The minimum Gasteiger partial charge on any atom is -0.455 e. The van der Waals surface area contributed by atoms with Crippen molar-refractivity contribution in [3.63, 3.8) is 0 Å². The second-order valence-electron chi connectivity index (χ2n) is 14.2. The van der Waals surface area contributed by atoms with Gasteiger partial charge in [0.2, 0.25) is 0 Å². The van der Waals surface area contributed by atoms with Crippen LogP contribution in [0.2, 0.25) is 0 Å². The van der Waals surface area contributed by atoms with E-state index in [9.17, 15) is 25.2 Å². The first-order valence-electron chi connectivity index (χ1n) is 18.7. The van der Waals surface area contributed by atoms with Gasteiger partial charge in [-0.15, -0.1) is 0 Å². The van der Waals surface area contributed by atoms with Crippen LogP contribution in [0.25, 0.3) is 0 Å². The van der Waals surface area contributed by atoms with E-state index >= 15 is 0 Å². The molecule has 3 heterocycles. The van der Waals surface area contributed by atoms with Crippen molar-refractivity contribution in [2.24, 2.45) is 0 Å². The predicted octanol–water partition coefficient (Wildman–Crippen LogP) is 6.83. The molecule has 0 spiro atoms. The molecule has 8 nitrogen and oxygen atoms in total. The van der Waals surface area contributed by atoms with E-state index < -0.39 is 24.4 Å². The second-order valence-corrected chi connectivity index (χ2v) is 14.2. The zero-order chi connectivity index (χ0) is 32.4. The zero-order valence-corrected chi connectivity index (χ0v) is 28.5. The van der Waals surface area contributed by atoms with Crippen LogP contribution in [0.1, 0.15) is 162 Å². The van der Waals surface area contributed by atoms with E-state index in [1.807, 2.05) is 13.0 Å². The molecule has 0 unspecified atom stereocenters. The fourth-order valence-corrected chi connectivity index (χ4v) is 7.31. The Bertz CT molecular complexity index is 833. The van der Waals surface area contributed by atoms with E-state index in [1.54, 1.807) is 0 Å². The third-order valence-corrected chi connectivity index (χ3v) is 10.1. The monoisotopic (exact) mass is 638 g/mol.